The van der Waals surface area contributed by atoms with Gasteiger partial charge in [-0.25, -0.2) is 0 Å². The number of likely N-dealkylation sites (tertiary alicyclic amines) is 2. The number of fused-ring (bicyclic) bond motifs is 1. The largest absolute Gasteiger partial charge is 0.338 e. The second-order valence-electron chi connectivity index (χ2n) is 4.38. The van der Waals surface area contributed by atoms with Crippen LogP contribution in [0.2, 0.25) is 0 Å². The molecule has 1 amide bonds. The fourth-order valence-corrected chi connectivity index (χ4v) is 2.69. The second kappa shape index (κ2) is 3.29. The molecule has 2 heterocycles. The van der Waals surface area contributed by atoms with Crippen molar-refractivity contribution in [1.29, 1.82) is 0 Å². The van der Waals surface area contributed by atoms with Crippen molar-refractivity contribution in [2.45, 2.75) is 25.8 Å². The summed E-state index contributed by atoms with van der Waals surface area (Å²) in [5.74, 6) is 1.03. The molecule has 2 atom stereocenters. The van der Waals surface area contributed by atoms with Gasteiger partial charge in [0.25, 0.3) is 0 Å². The highest BCUT2D eigenvalue weighted by molar-refractivity contribution is 5.74. The van der Waals surface area contributed by atoms with Crippen LogP contribution in [0.25, 0.3) is 0 Å². The molecule has 13 heavy (non-hydrogen) atoms. The molecule has 2 aliphatic rings. The Labute approximate surface area is 79.7 Å². The van der Waals surface area contributed by atoms with Crippen LogP contribution in [0.15, 0.2) is 0 Å². The third kappa shape index (κ3) is 1.57. The van der Waals surface area contributed by atoms with E-state index in [0.29, 0.717) is 6.04 Å². The first kappa shape index (κ1) is 9.00. The summed E-state index contributed by atoms with van der Waals surface area (Å²) >= 11 is 0. The van der Waals surface area contributed by atoms with Crippen molar-refractivity contribution < 1.29 is 4.79 Å². The van der Waals surface area contributed by atoms with Crippen LogP contribution < -0.4 is 0 Å². The lowest BCUT2D eigenvalue weighted by molar-refractivity contribution is -0.130. The summed E-state index contributed by atoms with van der Waals surface area (Å²) in [5, 5.41) is 0. The van der Waals surface area contributed by atoms with Crippen LogP contribution >= 0.6 is 0 Å². The lowest BCUT2D eigenvalue weighted by Gasteiger charge is -2.36. The minimum Gasteiger partial charge on any atom is -0.338 e. The molecule has 0 aromatic carbocycles. The van der Waals surface area contributed by atoms with Gasteiger partial charge in [-0.05, 0) is 32.4 Å². The maximum Gasteiger partial charge on any atom is 0.219 e. The van der Waals surface area contributed by atoms with Crippen molar-refractivity contribution in [2.24, 2.45) is 5.92 Å². The van der Waals surface area contributed by atoms with E-state index in [1.54, 1.807) is 6.92 Å². The topological polar surface area (TPSA) is 23.6 Å². The summed E-state index contributed by atoms with van der Waals surface area (Å²) in [5.41, 5.74) is 0. The first-order valence-electron chi connectivity index (χ1n) is 5.14. The number of nitrogens with zero attached hydrogens (tertiary/aromatic N) is 2. The minimum atomic E-state index is 0.253. The maximum atomic E-state index is 11.3. The Balaban J connectivity index is 2.06. The van der Waals surface area contributed by atoms with Crippen molar-refractivity contribution in [3.63, 3.8) is 0 Å². The van der Waals surface area contributed by atoms with E-state index in [-0.39, 0.29) is 5.91 Å². The van der Waals surface area contributed by atoms with Gasteiger partial charge >= 0.3 is 0 Å². The number of carbonyl (C=O) groups is 1. The number of carbonyl (C=O) groups excluding carboxylic acids is 1. The number of rotatable bonds is 0. The summed E-state index contributed by atoms with van der Waals surface area (Å²) in [6, 6.07) is 0.510. The Morgan fingerprint density at radius 1 is 1.31 bits per heavy atom. The van der Waals surface area contributed by atoms with Crippen molar-refractivity contribution in [1.82, 2.24) is 9.80 Å². The first-order chi connectivity index (χ1) is 6.18. The van der Waals surface area contributed by atoms with Crippen LogP contribution in [0.4, 0.5) is 0 Å². The van der Waals surface area contributed by atoms with Crippen LogP contribution in [0.1, 0.15) is 19.8 Å². The van der Waals surface area contributed by atoms with Gasteiger partial charge in [-0.2, -0.15) is 0 Å². The molecule has 3 heteroatoms. The van der Waals surface area contributed by atoms with Crippen LogP contribution in [0.5, 0.6) is 0 Å². The predicted octanol–water partition coefficient (Wildman–Crippen LogP) is 0.559. The maximum absolute atomic E-state index is 11.3. The van der Waals surface area contributed by atoms with E-state index in [2.05, 4.69) is 16.8 Å². The van der Waals surface area contributed by atoms with E-state index in [1.807, 2.05) is 0 Å². The zero-order chi connectivity index (χ0) is 9.42. The molecule has 0 aromatic rings. The fourth-order valence-electron chi connectivity index (χ4n) is 2.69. The van der Waals surface area contributed by atoms with E-state index in [9.17, 15) is 4.79 Å². The number of amides is 1. The second-order valence-corrected chi connectivity index (χ2v) is 4.38. The molecule has 74 valence electrons. The van der Waals surface area contributed by atoms with Gasteiger partial charge in [-0.3, -0.25) is 4.79 Å². The molecule has 0 bridgehead atoms. The Bertz CT molecular complexity index is 217. The zero-order valence-corrected chi connectivity index (χ0v) is 8.49. The Morgan fingerprint density at radius 2 is 2.00 bits per heavy atom. The molecule has 2 rings (SSSR count). The van der Waals surface area contributed by atoms with E-state index >= 15 is 0 Å². The highest BCUT2D eigenvalue weighted by Gasteiger charge is 2.38. The van der Waals surface area contributed by atoms with Gasteiger partial charge < -0.3 is 9.80 Å². The standard InChI is InChI=1S/C10H18N2O/c1-8(13)12-6-4-9-3-5-11(2)7-10(9)12/h9-10H,3-7H2,1-2H3. The normalized spacial score (nSPS) is 34.8. The average Bonchev–Trinajstić information content (AvgIpc) is 2.46. The van der Waals surface area contributed by atoms with Crippen LogP contribution in [0, 0.1) is 5.92 Å². The van der Waals surface area contributed by atoms with E-state index in [1.165, 1.54) is 19.4 Å². The quantitative estimate of drug-likeness (QED) is 0.546. The molecular formula is C10H18N2O. The lowest BCUT2D eigenvalue weighted by atomic mass is 9.92. The summed E-state index contributed by atoms with van der Waals surface area (Å²) < 4.78 is 0. The van der Waals surface area contributed by atoms with Gasteiger partial charge in [-0.15, -0.1) is 0 Å². The zero-order valence-electron chi connectivity index (χ0n) is 8.49. The van der Waals surface area contributed by atoms with Crippen molar-refractivity contribution in [3.8, 4) is 0 Å². The molecule has 0 N–H and O–H groups in total. The highest BCUT2D eigenvalue weighted by atomic mass is 16.2. The average molecular weight is 182 g/mol. The molecular weight excluding hydrogens is 164 g/mol. The van der Waals surface area contributed by atoms with Crippen LogP contribution in [-0.4, -0.2) is 48.4 Å². The van der Waals surface area contributed by atoms with Gasteiger partial charge in [0, 0.05) is 26.1 Å². The molecule has 0 aliphatic carbocycles. The van der Waals surface area contributed by atoms with E-state index in [4.69, 9.17) is 0 Å². The smallest absolute Gasteiger partial charge is 0.219 e. The summed E-state index contributed by atoms with van der Waals surface area (Å²) in [7, 11) is 2.15. The summed E-state index contributed by atoms with van der Waals surface area (Å²) in [4.78, 5) is 15.7. The number of piperidine rings is 1. The number of hydrogen-bond acceptors (Lipinski definition) is 2. The van der Waals surface area contributed by atoms with Crippen molar-refractivity contribution >= 4 is 5.91 Å². The van der Waals surface area contributed by atoms with Gasteiger partial charge in [0.1, 0.15) is 0 Å². The van der Waals surface area contributed by atoms with Crippen molar-refractivity contribution in [2.75, 3.05) is 26.7 Å². The van der Waals surface area contributed by atoms with Crippen molar-refractivity contribution in [3.05, 3.63) is 0 Å². The van der Waals surface area contributed by atoms with Gasteiger partial charge in [0.05, 0.1) is 0 Å². The molecule has 3 nitrogen and oxygen atoms in total. The Hall–Kier alpha value is -0.570. The van der Waals surface area contributed by atoms with E-state index < -0.39 is 0 Å². The van der Waals surface area contributed by atoms with Gasteiger partial charge in [0.2, 0.25) is 5.91 Å². The van der Waals surface area contributed by atoms with Crippen LogP contribution in [-0.2, 0) is 4.79 Å². The summed E-state index contributed by atoms with van der Waals surface area (Å²) in [6.07, 6.45) is 2.49. The van der Waals surface area contributed by atoms with Gasteiger partial charge in [0.15, 0.2) is 0 Å². The Morgan fingerprint density at radius 3 is 2.69 bits per heavy atom. The molecule has 2 unspecified atom stereocenters. The number of hydrogen-bond donors (Lipinski definition) is 0. The van der Waals surface area contributed by atoms with E-state index in [0.717, 1.165) is 19.0 Å². The molecule has 0 saturated carbocycles. The fraction of sp³-hybridized carbons (Fsp3) is 0.900. The first-order valence-corrected chi connectivity index (χ1v) is 5.14. The third-order valence-corrected chi connectivity index (χ3v) is 3.47. The molecule has 0 spiro atoms. The number of likely N-dealkylation sites (N-methyl/N-ethyl adjacent to an activating group) is 1. The molecule has 0 aromatic heterocycles. The van der Waals surface area contributed by atoms with Gasteiger partial charge in [-0.1, -0.05) is 0 Å². The lowest BCUT2D eigenvalue weighted by Crippen LogP contribution is -2.47. The predicted molar refractivity (Wildman–Crippen MR) is 51.4 cm³/mol. The highest BCUT2D eigenvalue weighted by Crippen LogP contribution is 2.30. The molecule has 2 aliphatic heterocycles. The van der Waals surface area contributed by atoms with Crippen LogP contribution in [0.3, 0.4) is 0 Å². The monoisotopic (exact) mass is 182 g/mol. The summed E-state index contributed by atoms with van der Waals surface area (Å²) in [6.45, 7) is 4.95. The molecule has 2 fully saturated rings. The minimum absolute atomic E-state index is 0.253. The Kier molecular flexibility index (Phi) is 2.28. The third-order valence-electron chi connectivity index (χ3n) is 3.47. The SMILES string of the molecule is CC(=O)N1CCC2CCN(C)CC21. The molecule has 0 radical (unpaired) electrons. The molecule has 2 saturated heterocycles.